The van der Waals surface area contributed by atoms with Gasteiger partial charge in [-0.05, 0) is 25.7 Å². The van der Waals surface area contributed by atoms with E-state index in [2.05, 4.69) is 4.74 Å². The number of rotatable bonds is 6. The standard InChI is InChI=1S/C12H22F3NO2/c1-9(11(16)8-18-12(13,14)15)17-7-10-5-3-2-4-6-10/h9-11H,2-8,16H2,1H3. The largest absolute Gasteiger partial charge is 0.522 e. The minimum Gasteiger partial charge on any atom is -0.377 e. The lowest BCUT2D eigenvalue weighted by atomic mass is 9.90. The molecule has 1 aliphatic rings. The van der Waals surface area contributed by atoms with Gasteiger partial charge in [0.15, 0.2) is 0 Å². The summed E-state index contributed by atoms with van der Waals surface area (Å²) >= 11 is 0. The fraction of sp³-hybridized carbons (Fsp3) is 1.00. The first-order valence-corrected chi connectivity index (χ1v) is 6.46. The summed E-state index contributed by atoms with van der Waals surface area (Å²) in [5.74, 6) is 0.525. The molecule has 0 aromatic carbocycles. The maximum Gasteiger partial charge on any atom is 0.522 e. The average Bonchev–Trinajstić information content (AvgIpc) is 2.33. The van der Waals surface area contributed by atoms with Gasteiger partial charge in [0.25, 0.3) is 0 Å². The summed E-state index contributed by atoms with van der Waals surface area (Å²) in [6.07, 6.45) is 0.930. The van der Waals surface area contributed by atoms with Crippen LogP contribution in [0.4, 0.5) is 13.2 Å². The third kappa shape index (κ3) is 6.56. The average molecular weight is 269 g/mol. The van der Waals surface area contributed by atoms with Crippen LogP contribution in [0, 0.1) is 5.92 Å². The molecule has 3 nitrogen and oxygen atoms in total. The molecule has 1 rings (SSSR count). The van der Waals surface area contributed by atoms with Crippen LogP contribution in [0.1, 0.15) is 39.0 Å². The smallest absolute Gasteiger partial charge is 0.377 e. The molecule has 0 radical (unpaired) electrons. The molecule has 1 saturated carbocycles. The van der Waals surface area contributed by atoms with Crippen molar-refractivity contribution in [1.82, 2.24) is 0 Å². The van der Waals surface area contributed by atoms with Gasteiger partial charge in [-0.1, -0.05) is 19.3 Å². The maximum atomic E-state index is 11.8. The first kappa shape index (κ1) is 15.7. The Morgan fingerprint density at radius 1 is 1.22 bits per heavy atom. The van der Waals surface area contributed by atoms with Gasteiger partial charge >= 0.3 is 6.36 Å². The van der Waals surface area contributed by atoms with E-state index in [4.69, 9.17) is 10.5 Å². The quantitative estimate of drug-likeness (QED) is 0.806. The molecule has 0 aliphatic heterocycles. The Morgan fingerprint density at radius 3 is 2.39 bits per heavy atom. The van der Waals surface area contributed by atoms with Gasteiger partial charge in [-0.2, -0.15) is 0 Å². The van der Waals surface area contributed by atoms with E-state index in [1.54, 1.807) is 6.92 Å². The predicted molar refractivity (Wildman–Crippen MR) is 62.0 cm³/mol. The molecule has 0 bridgehead atoms. The molecular weight excluding hydrogens is 247 g/mol. The van der Waals surface area contributed by atoms with E-state index in [-0.39, 0.29) is 0 Å². The molecule has 2 atom stereocenters. The van der Waals surface area contributed by atoms with Crippen LogP contribution in [0.15, 0.2) is 0 Å². The lowest BCUT2D eigenvalue weighted by molar-refractivity contribution is -0.327. The number of halogens is 3. The second-order valence-electron chi connectivity index (χ2n) is 4.96. The third-order valence-corrected chi connectivity index (χ3v) is 3.36. The van der Waals surface area contributed by atoms with Crippen LogP contribution in [-0.2, 0) is 9.47 Å². The minimum absolute atomic E-state index is 0.422. The van der Waals surface area contributed by atoms with Gasteiger partial charge in [0.2, 0.25) is 0 Å². The Hall–Kier alpha value is -0.330. The van der Waals surface area contributed by atoms with Crippen LogP contribution >= 0.6 is 0 Å². The summed E-state index contributed by atoms with van der Waals surface area (Å²) < 4.78 is 44.7. The number of alkyl halides is 3. The molecule has 1 aliphatic carbocycles. The fourth-order valence-corrected chi connectivity index (χ4v) is 2.09. The molecule has 0 aromatic rings. The summed E-state index contributed by atoms with van der Waals surface area (Å²) in [7, 11) is 0. The number of hydrogen-bond donors (Lipinski definition) is 1. The van der Waals surface area contributed by atoms with Crippen molar-refractivity contribution in [3.63, 3.8) is 0 Å². The van der Waals surface area contributed by atoms with Crippen LogP contribution in [-0.4, -0.2) is 31.7 Å². The molecule has 6 heteroatoms. The van der Waals surface area contributed by atoms with E-state index in [0.29, 0.717) is 12.5 Å². The van der Waals surface area contributed by atoms with Crippen molar-refractivity contribution in [2.24, 2.45) is 11.7 Å². The zero-order chi connectivity index (χ0) is 13.6. The molecule has 108 valence electrons. The van der Waals surface area contributed by atoms with Gasteiger partial charge in [-0.25, -0.2) is 0 Å². The highest BCUT2D eigenvalue weighted by Crippen LogP contribution is 2.24. The Labute approximate surface area is 106 Å². The van der Waals surface area contributed by atoms with Crippen molar-refractivity contribution >= 4 is 0 Å². The van der Waals surface area contributed by atoms with Gasteiger partial charge in [0.1, 0.15) is 0 Å². The van der Waals surface area contributed by atoms with Crippen molar-refractivity contribution in [3.05, 3.63) is 0 Å². The van der Waals surface area contributed by atoms with Gasteiger partial charge < -0.3 is 10.5 Å². The fourth-order valence-electron chi connectivity index (χ4n) is 2.09. The zero-order valence-corrected chi connectivity index (χ0v) is 10.7. The van der Waals surface area contributed by atoms with Crippen LogP contribution in [0.3, 0.4) is 0 Å². The molecule has 0 spiro atoms. The summed E-state index contributed by atoms with van der Waals surface area (Å²) in [6.45, 7) is 1.71. The highest BCUT2D eigenvalue weighted by atomic mass is 19.4. The first-order chi connectivity index (χ1) is 8.38. The van der Waals surface area contributed by atoms with Crippen molar-refractivity contribution < 1.29 is 22.6 Å². The summed E-state index contributed by atoms with van der Waals surface area (Å²) in [4.78, 5) is 0. The molecule has 0 saturated heterocycles. The molecule has 2 N–H and O–H groups in total. The van der Waals surface area contributed by atoms with Crippen molar-refractivity contribution in [2.75, 3.05) is 13.2 Å². The van der Waals surface area contributed by atoms with Crippen LogP contribution in [0.5, 0.6) is 0 Å². The number of ether oxygens (including phenoxy) is 2. The predicted octanol–water partition coefficient (Wildman–Crippen LogP) is 2.84. The van der Waals surface area contributed by atoms with Crippen molar-refractivity contribution in [2.45, 2.75) is 57.5 Å². The van der Waals surface area contributed by atoms with Gasteiger partial charge in [-0.15, -0.1) is 13.2 Å². The van der Waals surface area contributed by atoms with Crippen molar-refractivity contribution in [3.8, 4) is 0 Å². The molecule has 0 aromatic heterocycles. The third-order valence-electron chi connectivity index (χ3n) is 3.36. The topological polar surface area (TPSA) is 44.5 Å². The normalized spacial score (nSPS) is 21.8. The van der Waals surface area contributed by atoms with Gasteiger partial charge in [0.05, 0.1) is 18.8 Å². The SMILES string of the molecule is CC(OCC1CCCCC1)C(N)COC(F)(F)F. The molecule has 18 heavy (non-hydrogen) atoms. The van der Waals surface area contributed by atoms with E-state index in [0.717, 1.165) is 12.8 Å². The number of nitrogens with two attached hydrogens (primary N) is 1. The van der Waals surface area contributed by atoms with E-state index in [1.807, 2.05) is 0 Å². The molecular formula is C12H22F3NO2. The molecule has 2 unspecified atom stereocenters. The van der Waals surface area contributed by atoms with Crippen LogP contribution in [0.25, 0.3) is 0 Å². The molecule has 0 amide bonds. The van der Waals surface area contributed by atoms with Gasteiger partial charge in [-0.3, -0.25) is 4.74 Å². The van der Waals surface area contributed by atoms with E-state index < -0.39 is 25.1 Å². The highest BCUT2D eigenvalue weighted by molar-refractivity contribution is 4.71. The lowest BCUT2D eigenvalue weighted by Crippen LogP contribution is -2.41. The van der Waals surface area contributed by atoms with Crippen LogP contribution < -0.4 is 5.73 Å². The van der Waals surface area contributed by atoms with E-state index >= 15 is 0 Å². The maximum absolute atomic E-state index is 11.8. The van der Waals surface area contributed by atoms with Gasteiger partial charge in [0, 0.05) is 6.61 Å². The Kier molecular flexibility index (Phi) is 6.38. The zero-order valence-electron chi connectivity index (χ0n) is 10.7. The Morgan fingerprint density at radius 2 is 1.83 bits per heavy atom. The first-order valence-electron chi connectivity index (χ1n) is 6.46. The lowest BCUT2D eigenvalue weighted by Gasteiger charge is -2.26. The second kappa shape index (κ2) is 7.31. The Balaban J connectivity index is 2.16. The Bertz CT molecular complexity index is 230. The number of hydrogen-bond acceptors (Lipinski definition) is 3. The monoisotopic (exact) mass is 269 g/mol. The summed E-state index contributed by atoms with van der Waals surface area (Å²) in [5, 5.41) is 0. The van der Waals surface area contributed by atoms with Crippen molar-refractivity contribution in [1.29, 1.82) is 0 Å². The summed E-state index contributed by atoms with van der Waals surface area (Å²) in [5.41, 5.74) is 5.59. The van der Waals surface area contributed by atoms with E-state index in [9.17, 15) is 13.2 Å². The van der Waals surface area contributed by atoms with Crippen LogP contribution in [0.2, 0.25) is 0 Å². The summed E-state index contributed by atoms with van der Waals surface area (Å²) in [6, 6.07) is -0.754. The molecule has 0 heterocycles. The second-order valence-corrected chi connectivity index (χ2v) is 4.96. The molecule has 1 fully saturated rings. The van der Waals surface area contributed by atoms with E-state index in [1.165, 1.54) is 19.3 Å². The highest BCUT2D eigenvalue weighted by Gasteiger charge is 2.31. The minimum atomic E-state index is -4.62.